The molecule has 2 amide bonds. The number of hydrogen-bond donors (Lipinski definition) is 1. The average Bonchev–Trinajstić information content (AvgIpc) is 3.39. The van der Waals surface area contributed by atoms with Crippen molar-refractivity contribution >= 4 is 46.3 Å². The number of ether oxygens (including phenoxy) is 2. The molecule has 1 N–H and O–H groups in total. The van der Waals surface area contributed by atoms with E-state index in [1.165, 1.54) is 6.08 Å². The molecule has 35 heavy (non-hydrogen) atoms. The minimum absolute atomic E-state index is 0.0214. The number of amides is 2. The molecule has 0 aromatic heterocycles. The number of carbonyl (C=O) groups excluding carboxylic acids is 2. The van der Waals surface area contributed by atoms with E-state index in [4.69, 9.17) is 21.1 Å². The lowest BCUT2D eigenvalue weighted by Gasteiger charge is -2.37. The van der Waals surface area contributed by atoms with Crippen molar-refractivity contribution in [1.29, 1.82) is 0 Å². The summed E-state index contributed by atoms with van der Waals surface area (Å²) in [6, 6.07) is 7.65. The zero-order chi connectivity index (χ0) is 24.7. The SMILES string of the molecule is O=C1NC(=O)/C(=C/c2cc(C(F)(F)F)cc(Cl)c2N2CCN(Cc3ccc4c(c3)OCO4)CC2)S1. The molecule has 5 rings (SSSR count). The van der Waals surface area contributed by atoms with Gasteiger partial charge in [-0.05, 0) is 47.7 Å². The molecule has 12 heteroatoms. The topological polar surface area (TPSA) is 71.1 Å². The Morgan fingerprint density at radius 2 is 1.80 bits per heavy atom. The number of halogens is 4. The Kier molecular flexibility index (Phi) is 6.32. The molecule has 2 aromatic rings. The molecular weight excluding hydrogens is 507 g/mol. The van der Waals surface area contributed by atoms with Gasteiger partial charge in [0, 0.05) is 38.3 Å². The number of anilines is 1. The van der Waals surface area contributed by atoms with Crippen LogP contribution in [0, 0.1) is 0 Å². The third kappa shape index (κ3) is 5.07. The first-order valence-electron chi connectivity index (χ1n) is 10.7. The molecule has 0 atom stereocenters. The van der Waals surface area contributed by atoms with Crippen LogP contribution in [-0.4, -0.2) is 49.0 Å². The van der Waals surface area contributed by atoms with Crippen LogP contribution in [0.15, 0.2) is 35.2 Å². The number of carbonyl (C=O) groups is 2. The molecule has 3 aliphatic heterocycles. The molecule has 0 bridgehead atoms. The van der Waals surface area contributed by atoms with Crippen molar-refractivity contribution < 1.29 is 32.2 Å². The molecule has 0 unspecified atom stereocenters. The second kappa shape index (κ2) is 9.29. The minimum Gasteiger partial charge on any atom is -0.454 e. The van der Waals surface area contributed by atoms with Crippen molar-refractivity contribution in [2.45, 2.75) is 12.7 Å². The first kappa shape index (κ1) is 23.8. The summed E-state index contributed by atoms with van der Waals surface area (Å²) in [4.78, 5) is 27.7. The molecule has 0 radical (unpaired) electrons. The Morgan fingerprint density at radius 1 is 1.06 bits per heavy atom. The quantitative estimate of drug-likeness (QED) is 0.578. The van der Waals surface area contributed by atoms with Crippen molar-refractivity contribution in [3.8, 4) is 11.5 Å². The summed E-state index contributed by atoms with van der Waals surface area (Å²) < 4.78 is 51.2. The van der Waals surface area contributed by atoms with Crippen LogP contribution in [-0.2, 0) is 17.5 Å². The Morgan fingerprint density at radius 3 is 2.49 bits per heavy atom. The Bertz CT molecular complexity index is 1230. The van der Waals surface area contributed by atoms with Gasteiger partial charge in [-0.3, -0.25) is 19.8 Å². The predicted molar refractivity (Wildman–Crippen MR) is 126 cm³/mol. The zero-order valence-electron chi connectivity index (χ0n) is 18.2. The lowest BCUT2D eigenvalue weighted by molar-refractivity contribution is -0.137. The number of imide groups is 1. The van der Waals surface area contributed by atoms with E-state index < -0.39 is 22.9 Å². The molecular formula is C23H19ClF3N3O4S. The van der Waals surface area contributed by atoms with Crippen molar-refractivity contribution in [2.75, 3.05) is 37.9 Å². The summed E-state index contributed by atoms with van der Waals surface area (Å²) in [7, 11) is 0. The molecule has 2 saturated heterocycles. The fourth-order valence-corrected chi connectivity index (χ4v) is 5.24. The van der Waals surface area contributed by atoms with Gasteiger partial charge in [-0.15, -0.1) is 0 Å². The zero-order valence-corrected chi connectivity index (χ0v) is 19.7. The van der Waals surface area contributed by atoms with Crippen LogP contribution < -0.4 is 19.7 Å². The number of hydrogen-bond acceptors (Lipinski definition) is 7. The van der Waals surface area contributed by atoms with E-state index in [-0.39, 0.29) is 22.3 Å². The van der Waals surface area contributed by atoms with E-state index >= 15 is 0 Å². The van der Waals surface area contributed by atoms with E-state index in [1.807, 2.05) is 23.1 Å². The number of piperazine rings is 1. The van der Waals surface area contributed by atoms with Gasteiger partial charge in [0.1, 0.15) is 0 Å². The second-order valence-electron chi connectivity index (χ2n) is 8.20. The van der Waals surface area contributed by atoms with Crippen LogP contribution in [0.1, 0.15) is 16.7 Å². The smallest absolute Gasteiger partial charge is 0.416 e. The van der Waals surface area contributed by atoms with Crippen molar-refractivity contribution in [1.82, 2.24) is 10.2 Å². The molecule has 2 aromatic carbocycles. The minimum atomic E-state index is -4.61. The molecule has 184 valence electrons. The maximum absolute atomic E-state index is 13.5. The molecule has 0 saturated carbocycles. The second-order valence-corrected chi connectivity index (χ2v) is 9.62. The first-order valence-corrected chi connectivity index (χ1v) is 11.9. The van der Waals surface area contributed by atoms with Gasteiger partial charge in [-0.25, -0.2) is 0 Å². The first-order chi connectivity index (χ1) is 16.7. The molecule has 3 aliphatic rings. The van der Waals surface area contributed by atoms with Crippen LogP contribution in [0.4, 0.5) is 23.7 Å². The van der Waals surface area contributed by atoms with Gasteiger partial charge in [0.2, 0.25) is 6.79 Å². The Labute approximate surface area is 207 Å². The van der Waals surface area contributed by atoms with Crippen LogP contribution in [0.2, 0.25) is 5.02 Å². The number of nitrogens with one attached hydrogen (secondary N) is 1. The van der Waals surface area contributed by atoms with Gasteiger partial charge < -0.3 is 14.4 Å². The van der Waals surface area contributed by atoms with Gasteiger partial charge in [0.15, 0.2) is 11.5 Å². The van der Waals surface area contributed by atoms with E-state index in [1.54, 1.807) is 0 Å². The monoisotopic (exact) mass is 525 g/mol. The summed E-state index contributed by atoms with van der Waals surface area (Å²) >= 11 is 7.00. The highest BCUT2D eigenvalue weighted by Gasteiger charge is 2.34. The Balaban J connectivity index is 1.37. The third-order valence-corrected chi connectivity index (χ3v) is 6.98. The van der Waals surface area contributed by atoms with Crippen molar-refractivity contribution in [3.63, 3.8) is 0 Å². The highest BCUT2D eigenvalue weighted by atomic mass is 35.5. The van der Waals surface area contributed by atoms with Crippen LogP contribution in [0.5, 0.6) is 11.5 Å². The third-order valence-electron chi connectivity index (χ3n) is 5.88. The lowest BCUT2D eigenvalue weighted by Crippen LogP contribution is -2.46. The van der Waals surface area contributed by atoms with Gasteiger partial charge in [-0.1, -0.05) is 17.7 Å². The molecule has 7 nitrogen and oxygen atoms in total. The molecule has 3 heterocycles. The summed E-state index contributed by atoms with van der Waals surface area (Å²) in [5.74, 6) is 0.781. The van der Waals surface area contributed by atoms with E-state index in [0.717, 1.165) is 17.7 Å². The van der Waals surface area contributed by atoms with Gasteiger partial charge in [0.25, 0.3) is 11.1 Å². The maximum atomic E-state index is 13.5. The largest absolute Gasteiger partial charge is 0.454 e. The number of thioether (sulfide) groups is 1. The summed E-state index contributed by atoms with van der Waals surface area (Å²) in [6.45, 7) is 3.22. The number of fused-ring (bicyclic) bond motifs is 1. The highest BCUT2D eigenvalue weighted by Crippen LogP contribution is 2.40. The number of benzene rings is 2. The normalized spacial score (nSPS) is 19.5. The van der Waals surface area contributed by atoms with Gasteiger partial charge >= 0.3 is 6.18 Å². The maximum Gasteiger partial charge on any atom is 0.416 e. The molecule has 0 spiro atoms. The standard InChI is InChI=1S/C23H19ClF3N3O4S/c24-16-10-15(23(25,26)27)8-14(9-19-21(31)28-22(32)35-19)20(16)30-5-3-29(4-6-30)11-13-1-2-17-18(7-13)34-12-33-17/h1-2,7-10H,3-6,11-12H2,(H,28,31,32)/b19-9-. The number of alkyl halides is 3. The van der Waals surface area contributed by atoms with Gasteiger partial charge in [0.05, 0.1) is 21.2 Å². The van der Waals surface area contributed by atoms with Crippen LogP contribution in [0.3, 0.4) is 0 Å². The van der Waals surface area contributed by atoms with E-state index in [9.17, 15) is 22.8 Å². The fourth-order valence-electron chi connectivity index (χ4n) is 4.22. The van der Waals surface area contributed by atoms with E-state index in [2.05, 4.69) is 10.2 Å². The predicted octanol–water partition coefficient (Wildman–Crippen LogP) is 4.73. The van der Waals surface area contributed by atoms with E-state index in [0.29, 0.717) is 61.7 Å². The summed E-state index contributed by atoms with van der Waals surface area (Å²) in [6.07, 6.45) is -3.32. The molecule has 0 aliphatic carbocycles. The summed E-state index contributed by atoms with van der Waals surface area (Å²) in [5.41, 5.74) is 0.688. The summed E-state index contributed by atoms with van der Waals surface area (Å²) in [5, 5.41) is 1.48. The van der Waals surface area contributed by atoms with Crippen LogP contribution in [0.25, 0.3) is 6.08 Å². The van der Waals surface area contributed by atoms with Crippen molar-refractivity contribution in [2.24, 2.45) is 0 Å². The number of rotatable bonds is 4. The van der Waals surface area contributed by atoms with Crippen LogP contribution >= 0.6 is 23.4 Å². The highest BCUT2D eigenvalue weighted by molar-refractivity contribution is 8.18. The van der Waals surface area contributed by atoms with Gasteiger partial charge in [-0.2, -0.15) is 13.2 Å². The van der Waals surface area contributed by atoms with Crippen molar-refractivity contribution in [3.05, 3.63) is 56.9 Å². The fraction of sp³-hybridized carbons (Fsp3) is 0.304. The number of nitrogens with zero attached hydrogens (tertiary/aromatic N) is 2. The lowest BCUT2D eigenvalue weighted by atomic mass is 10.0. The molecule has 2 fully saturated rings. The Hall–Kier alpha value is -2.89. The average molecular weight is 526 g/mol.